The highest BCUT2D eigenvalue weighted by atomic mass is 16.5. The summed E-state index contributed by atoms with van der Waals surface area (Å²) in [6, 6.07) is 8.45. The summed E-state index contributed by atoms with van der Waals surface area (Å²) >= 11 is 0. The van der Waals surface area contributed by atoms with Gasteiger partial charge in [0.25, 0.3) is 0 Å². The summed E-state index contributed by atoms with van der Waals surface area (Å²) in [5.41, 5.74) is 7.75. The van der Waals surface area contributed by atoms with E-state index in [1.165, 1.54) is 31.4 Å². The molecule has 1 aliphatic heterocycles. The average molecular weight is 288 g/mol. The number of nitrogens with zero attached hydrogens (tertiary/aromatic N) is 1. The molecule has 116 valence electrons. The summed E-state index contributed by atoms with van der Waals surface area (Å²) in [5, 5.41) is 0. The lowest BCUT2D eigenvalue weighted by Gasteiger charge is -2.42. The fourth-order valence-electron chi connectivity index (χ4n) is 3.77. The minimum absolute atomic E-state index is 0.296. The Bertz CT molecular complexity index is 466. The quantitative estimate of drug-likeness (QED) is 0.926. The largest absolute Gasteiger partial charge is 0.491 e. The van der Waals surface area contributed by atoms with Gasteiger partial charge < -0.3 is 15.4 Å². The number of hydrogen-bond donors (Lipinski definition) is 1. The molecule has 1 aromatic rings. The fraction of sp³-hybridized carbons (Fsp3) is 0.667. The van der Waals surface area contributed by atoms with Crippen LogP contribution in [0.1, 0.15) is 39.0 Å². The molecule has 0 amide bonds. The summed E-state index contributed by atoms with van der Waals surface area (Å²) in [6.45, 7) is 6.15. The molecule has 0 unspecified atom stereocenters. The van der Waals surface area contributed by atoms with Crippen molar-refractivity contribution >= 4 is 5.69 Å². The zero-order valence-corrected chi connectivity index (χ0v) is 13.2. The molecule has 1 saturated carbocycles. The molecule has 0 aromatic heterocycles. The normalized spacial score (nSPS) is 29.4. The highest BCUT2D eigenvalue weighted by molar-refractivity contribution is 5.59. The molecule has 3 nitrogen and oxygen atoms in total. The van der Waals surface area contributed by atoms with Crippen molar-refractivity contribution in [1.82, 2.24) is 0 Å². The number of ether oxygens (including phenoxy) is 1. The molecule has 3 heteroatoms. The van der Waals surface area contributed by atoms with Crippen LogP contribution in [0.4, 0.5) is 5.69 Å². The second kappa shape index (κ2) is 6.27. The van der Waals surface area contributed by atoms with E-state index in [2.05, 4.69) is 36.1 Å². The number of fused-ring (bicyclic) bond motifs is 1. The van der Waals surface area contributed by atoms with Gasteiger partial charge in [-0.1, -0.05) is 31.9 Å². The lowest BCUT2D eigenvalue weighted by molar-refractivity contribution is 0.169. The molecule has 0 radical (unpaired) electrons. The third-order valence-electron chi connectivity index (χ3n) is 5.33. The van der Waals surface area contributed by atoms with E-state index in [0.29, 0.717) is 5.41 Å². The van der Waals surface area contributed by atoms with Gasteiger partial charge in [-0.3, -0.25) is 0 Å². The van der Waals surface area contributed by atoms with Gasteiger partial charge in [0.15, 0.2) is 0 Å². The molecule has 0 atom stereocenters. The monoisotopic (exact) mass is 288 g/mol. The van der Waals surface area contributed by atoms with E-state index in [1.54, 1.807) is 0 Å². The van der Waals surface area contributed by atoms with Gasteiger partial charge >= 0.3 is 0 Å². The Morgan fingerprint density at radius 1 is 1.29 bits per heavy atom. The van der Waals surface area contributed by atoms with Crippen LogP contribution in [0.15, 0.2) is 24.3 Å². The van der Waals surface area contributed by atoms with Gasteiger partial charge in [-0.25, -0.2) is 0 Å². The van der Waals surface area contributed by atoms with Crippen molar-refractivity contribution in [3.63, 3.8) is 0 Å². The van der Waals surface area contributed by atoms with E-state index < -0.39 is 0 Å². The third kappa shape index (κ3) is 3.18. The number of benzene rings is 1. The van der Waals surface area contributed by atoms with E-state index in [9.17, 15) is 0 Å². The van der Waals surface area contributed by atoms with Crippen LogP contribution in [0.25, 0.3) is 0 Å². The topological polar surface area (TPSA) is 38.5 Å². The Hall–Kier alpha value is -1.22. The number of rotatable bonds is 3. The first kappa shape index (κ1) is 14.7. The second-order valence-electron chi connectivity index (χ2n) is 6.98. The van der Waals surface area contributed by atoms with Gasteiger partial charge in [-0.2, -0.15) is 0 Å². The molecular formula is C18H28N2O. The Kier molecular flexibility index (Phi) is 4.39. The number of para-hydroxylation sites is 2. The van der Waals surface area contributed by atoms with Crippen molar-refractivity contribution in [2.45, 2.75) is 39.0 Å². The maximum Gasteiger partial charge on any atom is 0.142 e. The zero-order chi connectivity index (χ0) is 14.7. The molecule has 2 N–H and O–H groups in total. The van der Waals surface area contributed by atoms with Crippen LogP contribution in [0, 0.1) is 11.3 Å². The Balaban J connectivity index is 1.80. The molecule has 1 aliphatic carbocycles. The summed E-state index contributed by atoms with van der Waals surface area (Å²) in [7, 11) is 0. The number of hydrogen-bond acceptors (Lipinski definition) is 3. The predicted molar refractivity (Wildman–Crippen MR) is 87.9 cm³/mol. The minimum atomic E-state index is 0.296. The first-order chi connectivity index (χ1) is 10.2. The lowest BCUT2D eigenvalue weighted by Crippen LogP contribution is -2.45. The number of anilines is 1. The van der Waals surface area contributed by atoms with Crippen LogP contribution in [0.3, 0.4) is 0 Å². The molecule has 0 saturated heterocycles. The van der Waals surface area contributed by atoms with E-state index in [0.717, 1.165) is 44.3 Å². The van der Waals surface area contributed by atoms with Crippen molar-refractivity contribution < 1.29 is 4.74 Å². The second-order valence-corrected chi connectivity index (χ2v) is 6.98. The number of nitrogens with two attached hydrogens (primary N) is 1. The van der Waals surface area contributed by atoms with Gasteiger partial charge in [0, 0.05) is 18.5 Å². The molecule has 0 bridgehead atoms. The van der Waals surface area contributed by atoms with Gasteiger partial charge in [0.2, 0.25) is 0 Å². The molecule has 0 spiro atoms. The van der Waals surface area contributed by atoms with Crippen LogP contribution < -0.4 is 15.4 Å². The molecular weight excluding hydrogens is 260 g/mol. The standard InChI is InChI=1S/C18H28N2O/c1-15-7-9-18(13-19,10-8-15)14-20-11-4-12-21-17-6-3-2-5-16(17)20/h2-3,5-6,15H,4,7-14,19H2,1H3. The Morgan fingerprint density at radius 3 is 2.81 bits per heavy atom. The smallest absolute Gasteiger partial charge is 0.142 e. The summed E-state index contributed by atoms with van der Waals surface area (Å²) in [4.78, 5) is 2.52. The molecule has 21 heavy (non-hydrogen) atoms. The Labute approximate surface area is 128 Å². The fourth-order valence-corrected chi connectivity index (χ4v) is 3.77. The van der Waals surface area contributed by atoms with Crippen molar-refractivity contribution in [1.29, 1.82) is 0 Å². The molecule has 1 fully saturated rings. The SMILES string of the molecule is CC1CCC(CN)(CN2CCCOc3ccccc32)CC1. The van der Waals surface area contributed by atoms with E-state index in [4.69, 9.17) is 10.5 Å². The molecule has 3 rings (SSSR count). The van der Waals surface area contributed by atoms with Crippen molar-refractivity contribution in [3.8, 4) is 5.75 Å². The first-order valence-electron chi connectivity index (χ1n) is 8.39. The predicted octanol–water partition coefficient (Wildman–Crippen LogP) is 3.43. The van der Waals surface area contributed by atoms with Gasteiger partial charge in [-0.05, 0) is 43.9 Å². The average Bonchev–Trinajstić information content (AvgIpc) is 2.73. The van der Waals surface area contributed by atoms with Gasteiger partial charge in [-0.15, -0.1) is 0 Å². The minimum Gasteiger partial charge on any atom is -0.491 e. The summed E-state index contributed by atoms with van der Waals surface area (Å²) in [6.07, 6.45) is 6.27. The highest BCUT2D eigenvalue weighted by Gasteiger charge is 2.35. The third-order valence-corrected chi connectivity index (χ3v) is 5.33. The van der Waals surface area contributed by atoms with E-state index >= 15 is 0 Å². The van der Waals surface area contributed by atoms with Crippen LogP contribution in [0.2, 0.25) is 0 Å². The van der Waals surface area contributed by atoms with Gasteiger partial charge in [0.1, 0.15) is 5.75 Å². The summed E-state index contributed by atoms with van der Waals surface area (Å²) in [5.74, 6) is 1.90. The zero-order valence-electron chi connectivity index (χ0n) is 13.2. The van der Waals surface area contributed by atoms with Crippen LogP contribution in [-0.2, 0) is 0 Å². The Morgan fingerprint density at radius 2 is 2.05 bits per heavy atom. The maximum atomic E-state index is 6.20. The van der Waals surface area contributed by atoms with Crippen LogP contribution in [-0.4, -0.2) is 26.2 Å². The van der Waals surface area contributed by atoms with Crippen molar-refractivity contribution in [2.24, 2.45) is 17.1 Å². The van der Waals surface area contributed by atoms with Crippen LogP contribution in [0.5, 0.6) is 5.75 Å². The highest BCUT2D eigenvalue weighted by Crippen LogP contribution is 2.41. The first-order valence-corrected chi connectivity index (χ1v) is 8.39. The van der Waals surface area contributed by atoms with Gasteiger partial charge in [0.05, 0.1) is 12.3 Å². The van der Waals surface area contributed by atoms with Crippen molar-refractivity contribution in [3.05, 3.63) is 24.3 Å². The molecule has 1 heterocycles. The van der Waals surface area contributed by atoms with E-state index in [1.807, 2.05) is 0 Å². The molecule has 2 aliphatic rings. The lowest BCUT2D eigenvalue weighted by atomic mass is 9.70. The van der Waals surface area contributed by atoms with Crippen molar-refractivity contribution in [2.75, 3.05) is 31.1 Å². The maximum absolute atomic E-state index is 6.20. The summed E-state index contributed by atoms with van der Waals surface area (Å²) < 4.78 is 5.88. The molecule has 1 aromatic carbocycles. The van der Waals surface area contributed by atoms with Crippen LogP contribution >= 0.6 is 0 Å². The van der Waals surface area contributed by atoms with E-state index in [-0.39, 0.29) is 0 Å².